The fourth-order valence-electron chi connectivity index (χ4n) is 2.15. The molecular weight excluding hydrogens is 210 g/mol. The van der Waals surface area contributed by atoms with Crippen LogP contribution in [0.4, 0.5) is 0 Å². The molecule has 0 N–H and O–H groups in total. The summed E-state index contributed by atoms with van der Waals surface area (Å²) in [7, 11) is 0. The minimum Gasteiger partial charge on any atom is -0.303 e. The second kappa shape index (κ2) is 8.91. The van der Waals surface area contributed by atoms with Gasteiger partial charge in [0.2, 0.25) is 0 Å². The number of pyridine rings is 1. The normalized spacial score (nSPS) is 12.3. The third-order valence-electron chi connectivity index (χ3n) is 3.12. The Hall–Kier alpha value is -1.18. The van der Waals surface area contributed by atoms with Crippen LogP contribution in [-0.2, 0) is 11.2 Å². The highest BCUT2D eigenvalue weighted by Gasteiger charge is 2.09. The zero-order valence-corrected chi connectivity index (χ0v) is 10.8. The first-order chi connectivity index (χ1) is 8.36. The third kappa shape index (κ3) is 6.20. The van der Waals surface area contributed by atoms with E-state index in [0.717, 1.165) is 25.5 Å². The minimum absolute atomic E-state index is 0.685. The Kier molecular flexibility index (Phi) is 7.28. The molecule has 0 amide bonds. The molecule has 17 heavy (non-hydrogen) atoms. The first-order valence-electron chi connectivity index (χ1n) is 6.70. The van der Waals surface area contributed by atoms with Gasteiger partial charge in [-0.3, -0.25) is 4.98 Å². The summed E-state index contributed by atoms with van der Waals surface area (Å²) in [6, 6.07) is 6.10. The van der Waals surface area contributed by atoms with Gasteiger partial charge < -0.3 is 4.79 Å². The van der Waals surface area contributed by atoms with Crippen LogP contribution in [0.15, 0.2) is 24.4 Å². The van der Waals surface area contributed by atoms with E-state index in [0.29, 0.717) is 12.3 Å². The largest absolute Gasteiger partial charge is 0.303 e. The summed E-state index contributed by atoms with van der Waals surface area (Å²) in [5.41, 5.74) is 1.18. The fraction of sp³-hybridized carbons (Fsp3) is 0.600. The Morgan fingerprint density at radius 2 is 2.12 bits per heavy atom. The standard InChI is InChI=1S/C15H23NO/c1-2-3-8-14(9-5-7-12-17)13-15-10-4-6-11-16-15/h4,6,10-12,14H,2-3,5,7-9,13H2,1H3. The molecule has 1 aromatic heterocycles. The van der Waals surface area contributed by atoms with Crippen molar-refractivity contribution in [2.45, 2.75) is 51.9 Å². The molecule has 1 atom stereocenters. The lowest BCUT2D eigenvalue weighted by Gasteiger charge is -2.15. The predicted octanol–water partition coefficient (Wildman–Crippen LogP) is 3.80. The summed E-state index contributed by atoms with van der Waals surface area (Å²) in [6.07, 6.45) is 10.6. The SMILES string of the molecule is CCCCC(CCCC=O)Cc1ccccn1. The van der Waals surface area contributed by atoms with E-state index in [2.05, 4.69) is 18.0 Å². The van der Waals surface area contributed by atoms with E-state index < -0.39 is 0 Å². The van der Waals surface area contributed by atoms with Crippen molar-refractivity contribution in [3.05, 3.63) is 30.1 Å². The van der Waals surface area contributed by atoms with Crippen LogP contribution in [0.1, 0.15) is 51.1 Å². The Morgan fingerprint density at radius 3 is 2.76 bits per heavy atom. The lowest BCUT2D eigenvalue weighted by atomic mass is 9.91. The van der Waals surface area contributed by atoms with Crippen LogP contribution < -0.4 is 0 Å². The van der Waals surface area contributed by atoms with Crippen LogP contribution >= 0.6 is 0 Å². The predicted molar refractivity (Wildman–Crippen MR) is 70.9 cm³/mol. The van der Waals surface area contributed by atoms with Gasteiger partial charge in [0.15, 0.2) is 0 Å². The highest BCUT2D eigenvalue weighted by molar-refractivity contribution is 5.48. The molecule has 0 aliphatic heterocycles. The Bertz CT molecular complexity index is 297. The van der Waals surface area contributed by atoms with Crippen molar-refractivity contribution < 1.29 is 4.79 Å². The highest BCUT2D eigenvalue weighted by Crippen LogP contribution is 2.19. The monoisotopic (exact) mass is 233 g/mol. The molecule has 0 aliphatic rings. The molecule has 0 saturated heterocycles. The van der Waals surface area contributed by atoms with Crippen LogP contribution in [-0.4, -0.2) is 11.3 Å². The van der Waals surface area contributed by atoms with Crippen molar-refractivity contribution in [1.29, 1.82) is 0 Å². The second-order valence-electron chi connectivity index (χ2n) is 4.63. The van der Waals surface area contributed by atoms with Crippen molar-refractivity contribution in [3.63, 3.8) is 0 Å². The maximum absolute atomic E-state index is 10.3. The van der Waals surface area contributed by atoms with Crippen molar-refractivity contribution in [2.75, 3.05) is 0 Å². The zero-order valence-electron chi connectivity index (χ0n) is 10.8. The molecule has 1 heterocycles. The smallest absolute Gasteiger partial charge is 0.119 e. The Balaban J connectivity index is 2.41. The molecule has 2 nitrogen and oxygen atoms in total. The van der Waals surface area contributed by atoms with Gasteiger partial charge in [0, 0.05) is 18.3 Å². The maximum atomic E-state index is 10.3. The summed E-state index contributed by atoms with van der Waals surface area (Å²) in [6.45, 7) is 2.23. The molecule has 0 bridgehead atoms. The number of aromatic nitrogens is 1. The summed E-state index contributed by atoms with van der Waals surface area (Å²) >= 11 is 0. The number of nitrogens with zero attached hydrogens (tertiary/aromatic N) is 1. The second-order valence-corrected chi connectivity index (χ2v) is 4.63. The summed E-state index contributed by atoms with van der Waals surface area (Å²) in [5, 5.41) is 0. The number of rotatable bonds is 9. The van der Waals surface area contributed by atoms with Crippen LogP contribution in [0.2, 0.25) is 0 Å². The van der Waals surface area contributed by atoms with Gasteiger partial charge in [-0.1, -0.05) is 32.3 Å². The molecular formula is C15H23NO. The van der Waals surface area contributed by atoms with Crippen molar-refractivity contribution >= 4 is 6.29 Å². The van der Waals surface area contributed by atoms with E-state index in [1.165, 1.54) is 25.0 Å². The number of hydrogen-bond donors (Lipinski definition) is 0. The van der Waals surface area contributed by atoms with Gasteiger partial charge in [0.25, 0.3) is 0 Å². The van der Waals surface area contributed by atoms with Crippen LogP contribution in [0.3, 0.4) is 0 Å². The lowest BCUT2D eigenvalue weighted by Crippen LogP contribution is -2.06. The number of carbonyl (C=O) groups excluding carboxylic acids is 1. The van der Waals surface area contributed by atoms with Gasteiger partial charge in [-0.25, -0.2) is 0 Å². The number of carbonyl (C=O) groups is 1. The van der Waals surface area contributed by atoms with E-state index in [4.69, 9.17) is 0 Å². The molecule has 0 radical (unpaired) electrons. The van der Waals surface area contributed by atoms with E-state index in [9.17, 15) is 4.79 Å². The molecule has 1 unspecified atom stereocenters. The maximum Gasteiger partial charge on any atom is 0.119 e. The molecule has 0 fully saturated rings. The third-order valence-corrected chi connectivity index (χ3v) is 3.12. The van der Waals surface area contributed by atoms with Gasteiger partial charge in [-0.15, -0.1) is 0 Å². The Labute approximate surface area is 104 Å². The lowest BCUT2D eigenvalue weighted by molar-refractivity contribution is -0.108. The van der Waals surface area contributed by atoms with Crippen molar-refractivity contribution in [2.24, 2.45) is 5.92 Å². The molecule has 1 rings (SSSR count). The highest BCUT2D eigenvalue weighted by atomic mass is 16.1. The topological polar surface area (TPSA) is 30.0 Å². The number of hydrogen-bond acceptors (Lipinski definition) is 2. The van der Waals surface area contributed by atoms with Gasteiger partial charge in [0.1, 0.15) is 6.29 Å². The average molecular weight is 233 g/mol. The van der Waals surface area contributed by atoms with Gasteiger partial charge in [0.05, 0.1) is 0 Å². The molecule has 0 saturated carbocycles. The van der Waals surface area contributed by atoms with E-state index >= 15 is 0 Å². The first kappa shape index (κ1) is 13.9. The summed E-state index contributed by atoms with van der Waals surface area (Å²) in [4.78, 5) is 14.7. The van der Waals surface area contributed by atoms with Gasteiger partial charge in [-0.05, 0) is 37.3 Å². The molecule has 94 valence electrons. The van der Waals surface area contributed by atoms with E-state index in [1.54, 1.807) is 0 Å². The summed E-state index contributed by atoms with van der Waals surface area (Å²) in [5.74, 6) is 0.685. The van der Waals surface area contributed by atoms with Gasteiger partial charge >= 0.3 is 0 Å². The first-order valence-corrected chi connectivity index (χ1v) is 6.70. The van der Waals surface area contributed by atoms with Gasteiger partial charge in [-0.2, -0.15) is 0 Å². The van der Waals surface area contributed by atoms with E-state index in [1.807, 2.05) is 18.3 Å². The quantitative estimate of drug-likeness (QED) is 0.479. The van der Waals surface area contributed by atoms with Crippen LogP contribution in [0.5, 0.6) is 0 Å². The molecule has 0 aromatic carbocycles. The average Bonchev–Trinajstić information content (AvgIpc) is 2.37. The zero-order chi connectivity index (χ0) is 12.3. The molecule has 2 heteroatoms. The van der Waals surface area contributed by atoms with Crippen molar-refractivity contribution in [1.82, 2.24) is 4.98 Å². The van der Waals surface area contributed by atoms with Crippen LogP contribution in [0.25, 0.3) is 0 Å². The molecule has 0 spiro atoms. The molecule has 1 aromatic rings. The number of unbranched alkanes of at least 4 members (excludes halogenated alkanes) is 2. The fourth-order valence-corrected chi connectivity index (χ4v) is 2.15. The Morgan fingerprint density at radius 1 is 1.29 bits per heavy atom. The number of aldehydes is 1. The van der Waals surface area contributed by atoms with Crippen LogP contribution in [0, 0.1) is 5.92 Å². The van der Waals surface area contributed by atoms with E-state index in [-0.39, 0.29) is 0 Å². The minimum atomic E-state index is 0.685. The summed E-state index contributed by atoms with van der Waals surface area (Å²) < 4.78 is 0. The van der Waals surface area contributed by atoms with Crippen molar-refractivity contribution in [3.8, 4) is 0 Å². The molecule has 0 aliphatic carbocycles.